The van der Waals surface area contributed by atoms with Crippen molar-refractivity contribution in [2.24, 2.45) is 0 Å². The lowest BCUT2D eigenvalue weighted by molar-refractivity contribution is -0.138. The third-order valence-electron chi connectivity index (χ3n) is 2.60. The molecule has 17 heavy (non-hydrogen) atoms. The second-order valence-corrected chi connectivity index (χ2v) is 3.77. The van der Waals surface area contributed by atoms with E-state index in [2.05, 4.69) is 5.10 Å². The molecule has 0 saturated carbocycles. The van der Waals surface area contributed by atoms with Crippen molar-refractivity contribution < 1.29 is 15.0 Å². The molecule has 1 aromatic carbocycles. The fraction of sp³-hybridized carbons (Fsp3) is 0.167. The lowest BCUT2D eigenvalue weighted by Crippen LogP contribution is -2.06. The van der Waals surface area contributed by atoms with Gasteiger partial charge in [0, 0.05) is 11.8 Å². The Kier molecular flexibility index (Phi) is 2.82. The molecule has 0 aliphatic heterocycles. The summed E-state index contributed by atoms with van der Waals surface area (Å²) in [5, 5.41) is 22.6. The molecule has 0 saturated heterocycles. The van der Waals surface area contributed by atoms with E-state index in [1.54, 1.807) is 37.4 Å². The van der Waals surface area contributed by atoms with E-state index in [0.29, 0.717) is 11.3 Å². The van der Waals surface area contributed by atoms with E-state index in [9.17, 15) is 9.90 Å². The van der Waals surface area contributed by atoms with Crippen LogP contribution in [-0.4, -0.2) is 26.0 Å². The van der Waals surface area contributed by atoms with E-state index in [4.69, 9.17) is 5.11 Å². The Morgan fingerprint density at radius 1 is 1.41 bits per heavy atom. The Morgan fingerprint density at radius 2 is 2.12 bits per heavy atom. The fourth-order valence-corrected chi connectivity index (χ4v) is 1.49. The van der Waals surface area contributed by atoms with Gasteiger partial charge in [0.05, 0.1) is 12.1 Å². The number of aromatic nitrogens is 2. The molecule has 1 atom stereocenters. The van der Waals surface area contributed by atoms with E-state index in [1.807, 2.05) is 0 Å². The minimum atomic E-state index is -0.901. The van der Waals surface area contributed by atoms with E-state index < -0.39 is 11.9 Å². The Bertz CT molecular complexity index is 548. The van der Waals surface area contributed by atoms with E-state index in [1.165, 1.54) is 10.9 Å². The molecule has 1 aromatic heterocycles. The minimum absolute atomic E-state index is 0.102. The van der Waals surface area contributed by atoms with Crippen molar-refractivity contribution in [3.8, 4) is 11.4 Å². The zero-order chi connectivity index (χ0) is 12.4. The smallest absolute Gasteiger partial charge is 0.310 e. The van der Waals surface area contributed by atoms with Crippen LogP contribution in [0.3, 0.4) is 0 Å². The van der Waals surface area contributed by atoms with Gasteiger partial charge in [-0.15, -0.1) is 0 Å². The maximum absolute atomic E-state index is 10.8. The van der Waals surface area contributed by atoms with Crippen molar-refractivity contribution in [3.63, 3.8) is 0 Å². The maximum atomic E-state index is 10.8. The Balaban J connectivity index is 2.37. The molecule has 0 aliphatic carbocycles. The zero-order valence-corrected chi connectivity index (χ0v) is 9.24. The number of benzene rings is 1. The van der Waals surface area contributed by atoms with Gasteiger partial charge in [0.2, 0.25) is 0 Å². The highest BCUT2D eigenvalue weighted by molar-refractivity contribution is 5.75. The predicted octanol–water partition coefficient (Wildman–Crippen LogP) is 1.77. The van der Waals surface area contributed by atoms with Gasteiger partial charge in [0.15, 0.2) is 0 Å². The number of rotatable bonds is 3. The highest BCUT2D eigenvalue weighted by Gasteiger charge is 2.16. The molecule has 0 radical (unpaired) electrons. The number of nitrogens with zero attached hydrogens (tertiary/aromatic N) is 2. The number of carbonyl (C=O) groups is 1. The summed E-state index contributed by atoms with van der Waals surface area (Å²) in [6.45, 7) is 1.59. The van der Waals surface area contributed by atoms with Gasteiger partial charge in [-0.2, -0.15) is 5.10 Å². The van der Waals surface area contributed by atoms with E-state index in [0.717, 1.165) is 0 Å². The standard InChI is InChI=1S/C12H12N2O3/c1-8(12(16)17)9-6-13-14(7-9)10-4-2-3-5-11(10)15/h2-8,15H,1H3,(H,16,17). The molecular weight excluding hydrogens is 220 g/mol. The summed E-state index contributed by atoms with van der Waals surface area (Å²) in [6, 6.07) is 6.75. The predicted molar refractivity (Wildman–Crippen MR) is 61.3 cm³/mol. The first kappa shape index (κ1) is 11.2. The second-order valence-electron chi connectivity index (χ2n) is 3.77. The van der Waals surface area contributed by atoms with Crippen LogP contribution in [0.4, 0.5) is 0 Å². The van der Waals surface area contributed by atoms with Crippen LogP contribution in [0.25, 0.3) is 5.69 Å². The summed E-state index contributed by atoms with van der Waals surface area (Å²) in [5.41, 5.74) is 1.12. The normalized spacial score (nSPS) is 12.3. The number of phenols is 1. The topological polar surface area (TPSA) is 75.3 Å². The molecule has 1 unspecified atom stereocenters. The Hall–Kier alpha value is -2.30. The molecule has 0 amide bonds. The number of phenolic OH excluding ortho intramolecular Hbond substituents is 1. The number of hydrogen-bond donors (Lipinski definition) is 2. The van der Waals surface area contributed by atoms with Crippen LogP contribution in [0.1, 0.15) is 18.4 Å². The summed E-state index contributed by atoms with van der Waals surface area (Å²) in [7, 11) is 0. The molecule has 5 heteroatoms. The minimum Gasteiger partial charge on any atom is -0.506 e. The van der Waals surface area contributed by atoms with Gasteiger partial charge in [0.25, 0.3) is 0 Å². The summed E-state index contributed by atoms with van der Waals surface area (Å²) in [5.74, 6) is -1.42. The summed E-state index contributed by atoms with van der Waals surface area (Å²) < 4.78 is 1.46. The second kappa shape index (κ2) is 4.29. The van der Waals surface area contributed by atoms with Gasteiger partial charge in [-0.05, 0) is 19.1 Å². The van der Waals surface area contributed by atoms with Crippen LogP contribution in [0.2, 0.25) is 0 Å². The number of hydrogen-bond acceptors (Lipinski definition) is 3. The summed E-state index contributed by atoms with van der Waals surface area (Å²) in [4.78, 5) is 10.8. The van der Waals surface area contributed by atoms with Crippen LogP contribution >= 0.6 is 0 Å². The van der Waals surface area contributed by atoms with Crippen LogP contribution < -0.4 is 0 Å². The van der Waals surface area contributed by atoms with Gasteiger partial charge in [0.1, 0.15) is 11.4 Å². The molecule has 0 aliphatic rings. The van der Waals surface area contributed by atoms with Crippen molar-refractivity contribution in [1.82, 2.24) is 9.78 Å². The average molecular weight is 232 g/mol. The molecule has 5 nitrogen and oxygen atoms in total. The number of aliphatic carboxylic acids is 1. The monoisotopic (exact) mass is 232 g/mol. The molecule has 2 rings (SSSR count). The largest absolute Gasteiger partial charge is 0.506 e. The summed E-state index contributed by atoms with van der Waals surface area (Å²) in [6.07, 6.45) is 3.10. The van der Waals surface area contributed by atoms with Crippen LogP contribution in [0, 0.1) is 0 Å². The third-order valence-corrected chi connectivity index (χ3v) is 2.60. The van der Waals surface area contributed by atoms with Gasteiger partial charge in [-0.3, -0.25) is 4.79 Å². The van der Waals surface area contributed by atoms with Crippen LogP contribution in [0.15, 0.2) is 36.7 Å². The number of carboxylic acids is 1. The average Bonchev–Trinajstić information content (AvgIpc) is 2.77. The maximum Gasteiger partial charge on any atom is 0.310 e. The molecule has 2 aromatic rings. The molecule has 0 spiro atoms. The van der Waals surface area contributed by atoms with E-state index in [-0.39, 0.29) is 5.75 Å². The number of carboxylic acid groups (broad SMARTS) is 1. The highest BCUT2D eigenvalue weighted by atomic mass is 16.4. The van der Waals surface area contributed by atoms with Crippen molar-refractivity contribution in [3.05, 3.63) is 42.2 Å². The number of para-hydroxylation sites is 2. The molecule has 0 fully saturated rings. The molecule has 2 N–H and O–H groups in total. The molecule has 0 bridgehead atoms. The SMILES string of the molecule is CC(C(=O)O)c1cnn(-c2ccccc2O)c1. The van der Waals surface area contributed by atoms with Crippen LogP contribution in [0.5, 0.6) is 5.75 Å². The third kappa shape index (κ3) is 2.13. The van der Waals surface area contributed by atoms with Gasteiger partial charge in [-0.25, -0.2) is 4.68 Å². The van der Waals surface area contributed by atoms with Gasteiger partial charge < -0.3 is 10.2 Å². The van der Waals surface area contributed by atoms with E-state index >= 15 is 0 Å². The molecular formula is C12H12N2O3. The number of aromatic hydroxyl groups is 1. The first-order chi connectivity index (χ1) is 8.09. The molecule has 88 valence electrons. The summed E-state index contributed by atoms with van der Waals surface area (Å²) >= 11 is 0. The van der Waals surface area contributed by atoms with Crippen molar-refractivity contribution in [2.45, 2.75) is 12.8 Å². The Morgan fingerprint density at radius 3 is 2.76 bits per heavy atom. The van der Waals surface area contributed by atoms with Crippen molar-refractivity contribution in [1.29, 1.82) is 0 Å². The lowest BCUT2D eigenvalue weighted by atomic mass is 10.1. The van der Waals surface area contributed by atoms with Crippen LogP contribution in [-0.2, 0) is 4.79 Å². The lowest BCUT2D eigenvalue weighted by Gasteiger charge is -2.04. The van der Waals surface area contributed by atoms with Crippen molar-refractivity contribution in [2.75, 3.05) is 0 Å². The van der Waals surface area contributed by atoms with Crippen molar-refractivity contribution >= 4 is 5.97 Å². The first-order valence-electron chi connectivity index (χ1n) is 5.15. The Labute approximate surface area is 97.9 Å². The quantitative estimate of drug-likeness (QED) is 0.845. The highest BCUT2D eigenvalue weighted by Crippen LogP contribution is 2.22. The fourth-order valence-electron chi connectivity index (χ4n) is 1.49. The zero-order valence-electron chi connectivity index (χ0n) is 9.24. The molecule has 1 heterocycles. The van der Waals surface area contributed by atoms with Gasteiger partial charge in [-0.1, -0.05) is 12.1 Å². The van der Waals surface area contributed by atoms with Gasteiger partial charge >= 0.3 is 5.97 Å². The first-order valence-corrected chi connectivity index (χ1v) is 5.15.